The molecule has 0 aliphatic carbocycles. The quantitative estimate of drug-likeness (QED) is 0.710. The minimum Gasteiger partial charge on any atom is -0.354 e. The minimum atomic E-state index is -0.110. The minimum absolute atomic E-state index is 0.0657. The summed E-state index contributed by atoms with van der Waals surface area (Å²) in [6, 6.07) is 15.9. The number of hydrogen-bond donors (Lipinski definition) is 1. The zero-order chi connectivity index (χ0) is 18.4. The Labute approximate surface area is 154 Å². The largest absolute Gasteiger partial charge is 0.354 e. The van der Waals surface area contributed by atoms with Crippen LogP contribution in [0.25, 0.3) is 11.3 Å². The molecular weight excluding hydrogens is 324 g/mol. The molecule has 3 aromatic rings. The summed E-state index contributed by atoms with van der Waals surface area (Å²) in [5.74, 6) is -0.0446. The number of benzene rings is 1. The fourth-order valence-corrected chi connectivity index (χ4v) is 3.06. The molecule has 5 nitrogen and oxygen atoms in total. The van der Waals surface area contributed by atoms with Crippen molar-refractivity contribution in [3.05, 3.63) is 72.2 Å². The lowest BCUT2D eigenvalue weighted by atomic mass is 9.96. The van der Waals surface area contributed by atoms with Crippen LogP contribution < -0.4 is 5.32 Å². The fourth-order valence-electron chi connectivity index (χ4n) is 3.06. The van der Waals surface area contributed by atoms with Crippen molar-refractivity contribution in [3.63, 3.8) is 0 Å². The van der Waals surface area contributed by atoms with Crippen molar-refractivity contribution >= 4 is 5.91 Å². The van der Waals surface area contributed by atoms with E-state index >= 15 is 0 Å². The number of nitrogens with zero attached hydrogens (tertiary/aromatic N) is 3. The Morgan fingerprint density at radius 1 is 1.19 bits per heavy atom. The summed E-state index contributed by atoms with van der Waals surface area (Å²) in [7, 11) is 0. The molecule has 0 fully saturated rings. The van der Waals surface area contributed by atoms with Gasteiger partial charge in [0.2, 0.25) is 5.91 Å². The van der Waals surface area contributed by atoms with E-state index in [-0.39, 0.29) is 11.8 Å². The van der Waals surface area contributed by atoms with Gasteiger partial charge in [0.15, 0.2) is 0 Å². The van der Waals surface area contributed by atoms with Crippen LogP contribution in [0.2, 0.25) is 0 Å². The molecule has 0 aliphatic heterocycles. The molecule has 26 heavy (non-hydrogen) atoms. The summed E-state index contributed by atoms with van der Waals surface area (Å²) < 4.78 is 1.92. The highest BCUT2D eigenvalue weighted by molar-refractivity contribution is 5.83. The lowest BCUT2D eigenvalue weighted by molar-refractivity contribution is -0.122. The van der Waals surface area contributed by atoms with Crippen LogP contribution in [0.1, 0.15) is 30.5 Å². The lowest BCUT2D eigenvalue weighted by Gasteiger charge is -2.15. The first kappa shape index (κ1) is 17.9. The van der Waals surface area contributed by atoms with Crippen LogP contribution in [0, 0.1) is 6.92 Å². The van der Waals surface area contributed by atoms with Crippen molar-refractivity contribution in [2.75, 3.05) is 6.54 Å². The Bertz CT molecular complexity index is 843. The second kappa shape index (κ2) is 8.43. The topological polar surface area (TPSA) is 59.8 Å². The zero-order valence-electron chi connectivity index (χ0n) is 15.2. The molecule has 0 radical (unpaired) electrons. The smallest absolute Gasteiger partial charge is 0.227 e. The SMILES string of the molecule is CCC(C(=O)NCCn1nc(-c2cccnc2)cc1C)c1ccccc1. The molecule has 0 saturated carbocycles. The van der Waals surface area contributed by atoms with E-state index in [1.807, 2.05) is 67.1 Å². The maximum absolute atomic E-state index is 12.5. The van der Waals surface area contributed by atoms with Crippen molar-refractivity contribution in [1.82, 2.24) is 20.1 Å². The summed E-state index contributed by atoms with van der Waals surface area (Å²) in [5, 5.41) is 7.67. The molecule has 1 amide bonds. The van der Waals surface area contributed by atoms with Crippen molar-refractivity contribution in [2.24, 2.45) is 0 Å². The second-order valence-corrected chi connectivity index (χ2v) is 6.30. The number of carbonyl (C=O) groups is 1. The van der Waals surface area contributed by atoms with Gasteiger partial charge in [-0.1, -0.05) is 37.3 Å². The van der Waals surface area contributed by atoms with Crippen LogP contribution in [-0.4, -0.2) is 27.2 Å². The number of aryl methyl sites for hydroxylation is 1. The van der Waals surface area contributed by atoms with Gasteiger partial charge in [-0.25, -0.2) is 0 Å². The predicted octanol–water partition coefficient (Wildman–Crippen LogP) is 3.56. The van der Waals surface area contributed by atoms with Crippen LogP contribution in [0.3, 0.4) is 0 Å². The van der Waals surface area contributed by atoms with E-state index in [0.717, 1.165) is 28.9 Å². The monoisotopic (exact) mass is 348 g/mol. The molecule has 3 rings (SSSR count). The Hall–Kier alpha value is -2.95. The third kappa shape index (κ3) is 4.17. The summed E-state index contributed by atoms with van der Waals surface area (Å²) in [6.07, 6.45) is 4.33. The molecule has 0 bridgehead atoms. The molecule has 134 valence electrons. The predicted molar refractivity (Wildman–Crippen MR) is 103 cm³/mol. The average Bonchev–Trinajstić information content (AvgIpc) is 3.05. The van der Waals surface area contributed by atoms with Gasteiger partial charge in [-0.2, -0.15) is 5.10 Å². The Kier molecular flexibility index (Phi) is 5.79. The van der Waals surface area contributed by atoms with Crippen molar-refractivity contribution in [3.8, 4) is 11.3 Å². The van der Waals surface area contributed by atoms with E-state index in [1.54, 1.807) is 12.4 Å². The molecule has 2 heterocycles. The fraction of sp³-hybridized carbons (Fsp3) is 0.286. The van der Waals surface area contributed by atoms with Crippen molar-refractivity contribution in [1.29, 1.82) is 0 Å². The first-order valence-electron chi connectivity index (χ1n) is 8.96. The highest BCUT2D eigenvalue weighted by Gasteiger charge is 2.18. The summed E-state index contributed by atoms with van der Waals surface area (Å²) in [5.41, 5.74) is 4.01. The van der Waals surface area contributed by atoms with Crippen LogP contribution in [0.5, 0.6) is 0 Å². The Balaban J connectivity index is 1.59. The van der Waals surface area contributed by atoms with Crippen LogP contribution in [-0.2, 0) is 11.3 Å². The van der Waals surface area contributed by atoms with E-state index in [1.165, 1.54) is 0 Å². The first-order chi connectivity index (χ1) is 12.7. The third-order valence-electron chi connectivity index (χ3n) is 4.49. The normalized spacial score (nSPS) is 11.9. The van der Waals surface area contributed by atoms with E-state index in [0.29, 0.717) is 13.1 Å². The number of aromatic nitrogens is 3. The number of amides is 1. The van der Waals surface area contributed by atoms with Crippen molar-refractivity contribution in [2.45, 2.75) is 32.7 Å². The van der Waals surface area contributed by atoms with Gasteiger partial charge in [0.1, 0.15) is 0 Å². The summed E-state index contributed by atoms with van der Waals surface area (Å²) in [4.78, 5) is 16.7. The van der Waals surface area contributed by atoms with E-state index in [2.05, 4.69) is 15.4 Å². The number of hydrogen-bond acceptors (Lipinski definition) is 3. The molecule has 1 unspecified atom stereocenters. The maximum atomic E-state index is 12.5. The van der Waals surface area contributed by atoms with Gasteiger partial charge in [0.25, 0.3) is 0 Å². The van der Waals surface area contributed by atoms with Gasteiger partial charge in [-0.15, -0.1) is 0 Å². The molecule has 1 aromatic carbocycles. The second-order valence-electron chi connectivity index (χ2n) is 6.30. The standard InChI is InChI=1S/C21H24N4O/c1-3-19(17-8-5-4-6-9-17)21(26)23-12-13-25-16(2)14-20(24-25)18-10-7-11-22-15-18/h4-11,14-15,19H,3,12-13H2,1-2H3,(H,23,26). The van der Waals surface area contributed by atoms with Crippen molar-refractivity contribution < 1.29 is 4.79 Å². The Morgan fingerprint density at radius 2 is 2.00 bits per heavy atom. The van der Waals surface area contributed by atoms with E-state index in [4.69, 9.17) is 0 Å². The average molecular weight is 348 g/mol. The van der Waals surface area contributed by atoms with Gasteiger partial charge in [-0.05, 0) is 37.1 Å². The molecular formula is C21H24N4O. The number of pyridine rings is 1. The highest BCUT2D eigenvalue weighted by atomic mass is 16.1. The first-order valence-corrected chi connectivity index (χ1v) is 8.96. The summed E-state index contributed by atoms with van der Waals surface area (Å²) in [6.45, 7) is 5.25. The number of rotatable bonds is 7. The van der Waals surface area contributed by atoms with Gasteiger partial charge in [-0.3, -0.25) is 14.5 Å². The number of nitrogens with one attached hydrogen (secondary N) is 1. The van der Waals surface area contributed by atoms with Gasteiger partial charge >= 0.3 is 0 Å². The van der Waals surface area contributed by atoms with E-state index < -0.39 is 0 Å². The highest BCUT2D eigenvalue weighted by Crippen LogP contribution is 2.19. The molecule has 0 aliphatic rings. The zero-order valence-corrected chi connectivity index (χ0v) is 15.2. The van der Waals surface area contributed by atoms with Crippen LogP contribution in [0.15, 0.2) is 60.9 Å². The molecule has 1 N–H and O–H groups in total. The molecule has 5 heteroatoms. The third-order valence-corrected chi connectivity index (χ3v) is 4.49. The molecule has 2 aromatic heterocycles. The van der Waals surface area contributed by atoms with E-state index in [9.17, 15) is 4.79 Å². The molecule has 0 saturated heterocycles. The van der Waals surface area contributed by atoms with Gasteiger partial charge < -0.3 is 5.32 Å². The maximum Gasteiger partial charge on any atom is 0.227 e. The van der Waals surface area contributed by atoms with Gasteiger partial charge in [0.05, 0.1) is 18.2 Å². The Morgan fingerprint density at radius 3 is 2.69 bits per heavy atom. The van der Waals surface area contributed by atoms with Gasteiger partial charge in [0, 0.05) is 30.2 Å². The molecule has 1 atom stereocenters. The van der Waals surface area contributed by atoms with Crippen LogP contribution in [0.4, 0.5) is 0 Å². The summed E-state index contributed by atoms with van der Waals surface area (Å²) >= 11 is 0. The lowest BCUT2D eigenvalue weighted by Crippen LogP contribution is -2.32. The van der Waals surface area contributed by atoms with Crippen LogP contribution >= 0.6 is 0 Å². The molecule has 0 spiro atoms. The number of carbonyl (C=O) groups excluding carboxylic acids is 1.